The van der Waals surface area contributed by atoms with Crippen molar-refractivity contribution in [2.24, 2.45) is 5.92 Å². The number of halogens is 3. The van der Waals surface area contributed by atoms with Crippen molar-refractivity contribution in [2.45, 2.75) is 26.2 Å². The quantitative estimate of drug-likeness (QED) is 0.810. The van der Waals surface area contributed by atoms with Crippen molar-refractivity contribution in [1.82, 2.24) is 5.32 Å². The third kappa shape index (κ3) is 4.52. The fourth-order valence-corrected chi connectivity index (χ4v) is 2.02. The molecule has 6 heteroatoms. The SMILES string of the molecule is CCCC(CCO)CNC(=O)c1c(F)cc(F)cc1F. The van der Waals surface area contributed by atoms with Crippen molar-refractivity contribution < 1.29 is 23.1 Å². The Kier molecular flexibility index (Phi) is 6.51. The number of carbonyl (C=O) groups is 1. The molecule has 0 radical (unpaired) electrons. The van der Waals surface area contributed by atoms with Crippen LogP contribution in [0.25, 0.3) is 0 Å². The summed E-state index contributed by atoms with van der Waals surface area (Å²) in [5.74, 6) is -4.40. The van der Waals surface area contributed by atoms with Crippen LogP contribution in [-0.2, 0) is 0 Å². The highest BCUT2D eigenvalue weighted by molar-refractivity contribution is 5.94. The lowest BCUT2D eigenvalue weighted by Crippen LogP contribution is -2.31. The van der Waals surface area contributed by atoms with Gasteiger partial charge in [0.15, 0.2) is 0 Å². The van der Waals surface area contributed by atoms with Crippen molar-refractivity contribution in [3.63, 3.8) is 0 Å². The maximum Gasteiger partial charge on any atom is 0.257 e. The molecule has 0 spiro atoms. The molecule has 0 aliphatic heterocycles. The number of aliphatic hydroxyl groups is 1. The number of hydrogen-bond acceptors (Lipinski definition) is 2. The average molecular weight is 289 g/mol. The van der Waals surface area contributed by atoms with E-state index in [-0.39, 0.29) is 19.1 Å². The normalized spacial score (nSPS) is 12.2. The highest BCUT2D eigenvalue weighted by Crippen LogP contribution is 2.15. The molecule has 0 bridgehead atoms. The van der Waals surface area contributed by atoms with Gasteiger partial charge < -0.3 is 10.4 Å². The van der Waals surface area contributed by atoms with E-state index in [9.17, 15) is 18.0 Å². The molecular weight excluding hydrogens is 271 g/mol. The minimum atomic E-state index is -1.23. The molecule has 0 aliphatic rings. The molecular formula is C14H18F3NO2. The molecule has 0 heterocycles. The Labute approximate surface area is 115 Å². The average Bonchev–Trinajstić information content (AvgIpc) is 2.35. The maximum atomic E-state index is 13.4. The molecule has 0 saturated heterocycles. The van der Waals surface area contributed by atoms with Crippen LogP contribution in [0.1, 0.15) is 36.5 Å². The Morgan fingerprint density at radius 1 is 1.25 bits per heavy atom. The number of nitrogens with one attached hydrogen (secondary N) is 1. The van der Waals surface area contributed by atoms with Crippen LogP contribution < -0.4 is 5.32 Å². The zero-order chi connectivity index (χ0) is 15.1. The molecule has 1 atom stereocenters. The van der Waals surface area contributed by atoms with Crippen LogP contribution in [-0.4, -0.2) is 24.2 Å². The Morgan fingerprint density at radius 3 is 2.35 bits per heavy atom. The van der Waals surface area contributed by atoms with E-state index in [0.29, 0.717) is 18.6 Å². The number of aliphatic hydroxyl groups excluding tert-OH is 1. The van der Waals surface area contributed by atoms with Gasteiger partial charge in [0.1, 0.15) is 23.0 Å². The summed E-state index contributed by atoms with van der Waals surface area (Å²) in [5.41, 5.74) is -0.786. The Hall–Kier alpha value is -1.56. The molecule has 0 saturated carbocycles. The summed E-state index contributed by atoms with van der Waals surface area (Å²) in [6.07, 6.45) is 2.16. The van der Waals surface area contributed by atoms with Gasteiger partial charge in [0.05, 0.1) is 0 Å². The van der Waals surface area contributed by atoms with Crippen molar-refractivity contribution in [2.75, 3.05) is 13.2 Å². The number of rotatable bonds is 7. The molecule has 1 unspecified atom stereocenters. The first kappa shape index (κ1) is 16.5. The predicted molar refractivity (Wildman–Crippen MR) is 68.8 cm³/mol. The van der Waals surface area contributed by atoms with E-state index in [1.165, 1.54) is 0 Å². The minimum absolute atomic E-state index is 0.0141. The highest BCUT2D eigenvalue weighted by atomic mass is 19.1. The third-order valence-corrected chi connectivity index (χ3v) is 3.02. The first-order valence-electron chi connectivity index (χ1n) is 6.53. The topological polar surface area (TPSA) is 49.3 Å². The summed E-state index contributed by atoms with van der Waals surface area (Å²) in [5, 5.41) is 11.3. The highest BCUT2D eigenvalue weighted by Gasteiger charge is 2.19. The zero-order valence-corrected chi connectivity index (χ0v) is 11.3. The standard InChI is InChI=1S/C14H18F3NO2/c1-2-3-9(4-5-19)8-18-14(20)13-11(16)6-10(15)7-12(13)17/h6-7,9,19H,2-5,8H2,1H3,(H,18,20). The van der Waals surface area contributed by atoms with Crippen molar-refractivity contribution in [3.05, 3.63) is 35.1 Å². The Morgan fingerprint density at radius 2 is 1.85 bits per heavy atom. The summed E-state index contributed by atoms with van der Waals surface area (Å²) in [7, 11) is 0. The van der Waals surface area contributed by atoms with Gasteiger partial charge in [-0.2, -0.15) is 0 Å². The van der Waals surface area contributed by atoms with Gasteiger partial charge in [0.25, 0.3) is 5.91 Å². The number of hydrogen-bond donors (Lipinski definition) is 2. The molecule has 1 aromatic rings. The lowest BCUT2D eigenvalue weighted by molar-refractivity contribution is 0.0934. The molecule has 0 aliphatic carbocycles. The van der Waals surface area contributed by atoms with Crippen molar-refractivity contribution >= 4 is 5.91 Å². The minimum Gasteiger partial charge on any atom is -0.396 e. The third-order valence-electron chi connectivity index (χ3n) is 3.02. The van der Waals surface area contributed by atoms with E-state index in [4.69, 9.17) is 5.11 Å². The monoisotopic (exact) mass is 289 g/mol. The van der Waals surface area contributed by atoms with Gasteiger partial charge in [-0.15, -0.1) is 0 Å². The molecule has 3 nitrogen and oxygen atoms in total. The lowest BCUT2D eigenvalue weighted by Gasteiger charge is -2.16. The summed E-state index contributed by atoms with van der Waals surface area (Å²) < 4.78 is 39.5. The van der Waals surface area contributed by atoms with Crippen molar-refractivity contribution in [1.29, 1.82) is 0 Å². The zero-order valence-electron chi connectivity index (χ0n) is 11.3. The van der Waals surface area contributed by atoms with Crippen LogP contribution in [0.2, 0.25) is 0 Å². The van der Waals surface area contributed by atoms with E-state index >= 15 is 0 Å². The number of carbonyl (C=O) groups excluding carboxylic acids is 1. The van der Waals surface area contributed by atoms with E-state index in [2.05, 4.69) is 5.32 Å². The molecule has 1 amide bonds. The van der Waals surface area contributed by atoms with Gasteiger partial charge in [-0.1, -0.05) is 13.3 Å². The number of benzene rings is 1. The molecule has 20 heavy (non-hydrogen) atoms. The van der Waals surface area contributed by atoms with Gasteiger partial charge in [0, 0.05) is 25.3 Å². The fraction of sp³-hybridized carbons (Fsp3) is 0.500. The van der Waals surface area contributed by atoms with Crippen molar-refractivity contribution in [3.8, 4) is 0 Å². The fourth-order valence-electron chi connectivity index (χ4n) is 2.02. The van der Waals surface area contributed by atoms with Crippen LogP contribution in [0.5, 0.6) is 0 Å². The summed E-state index contributed by atoms with van der Waals surface area (Å²) >= 11 is 0. The van der Waals surface area contributed by atoms with E-state index < -0.39 is 28.9 Å². The largest absolute Gasteiger partial charge is 0.396 e. The summed E-state index contributed by atoms with van der Waals surface area (Å²) in [6, 6.07) is 0.935. The molecule has 1 rings (SSSR count). The van der Waals surface area contributed by atoms with Gasteiger partial charge in [0.2, 0.25) is 0 Å². The van der Waals surface area contributed by atoms with Gasteiger partial charge in [-0.25, -0.2) is 13.2 Å². The molecule has 0 aromatic heterocycles. The van der Waals surface area contributed by atoms with Gasteiger partial charge >= 0.3 is 0 Å². The lowest BCUT2D eigenvalue weighted by atomic mass is 10.00. The van der Waals surface area contributed by atoms with E-state index in [0.717, 1.165) is 12.8 Å². The number of amides is 1. The van der Waals surface area contributed by atoms with Crippen LogP contribution in [0.4, 0.5) is 13.2 Å². The van der Waals surface area contributed by atoms with Crippen LogP contribution in [0, 0.1) is 23.4 Å². The van der Waals surface area contributed by atoms with Crippen LogP contribution >= 0.6 is 0 Å². The Bertz CT molecular complexity index is 437. The summed E-state index contributed by atoms with van der Waals surface area (Å²) in [4.78, 5) is 11.7. The second-order valence-corrected chi connectivity index (χ2v) is 4.62. The Balaban J connectivity index is 2.71. The summed E-state index contributed by atoms with van der Waals surface area (Å²) in [6.45, 7) is 2.16. The maximum absolute atomic E-state index is 13.4. The van der Waals surface area contributed by atoms with Gasteiger partial charge in [-0.05, 0) is 18.8 Å². The molecule has 0 fully saturated rings. The van der Waals surface area contributed by atoms with E-state index in [1.54, 1.807) is 0 Å². The predicted octanol–water partition coefficient (Wildman–Crippen LogP) is 2.63. The van der Waals surface area contributed by atoms with Gasteiger partial charge in [-0.3, -0.25) is 4.79 Å². The van der Waals surface area contributed by atoms with Crippen LogP contribution in [0.15, 0.2) is 12.1 Å². The van der Waals surface area contributed by atoms with E-state index in [1.807, 2.05) is 6.92 Å². The molecule has 112 valence electrons. The van der Waals surface area contributed by atoms with Crippen LogP contribution in [0.3, 0.4) is 0 Å². The second-order valence-electron chi connectivity index (χ2n) is 4.62. The first-order valence-corrected chi connectivity index (χ1v) is 6.53. The first-order chi connectivity index (χ1) is 9.49. The smallest absolute Gasteiger partial charge is 0.257 e. The molecule has 2 N–H and O–H groups in total. The molecule has 1 aromatic carbocycles. The second kappa shape index (κ2) is 7.89.